The van der Waals surface area contributed by atoms with Crippen LogP contribution >= 0.6 is 0 Å². The zero-order valence-electron chi connectivity index (χ0n) is 9.25. The third kappa shape index (κ3) is 2.80. The highest BCUT2D eigenvalue weighted by atomic mass is 16.7. The normalized spacial score (nSPS) is 27.6. The molecule has 82 valence electrons. The topological polar surface area (TPSA) is 38.7 Å². The summed E-state index contributed by atoms with van der Waals surface area (Å²) in [6.07, 6.45) is 0.731. The fourth-order valence-corrected chi connectivity index (χ4v) is 1.80. The van der Waals surface area contributed by atoms with E-state index in [2.05, 4.69) is 6.58 Å². The average molecular weight is 200 g/mol. The molecule has 3 heteroatoms. The van der Waals surface area contributed by atoms with Crippen LogP contribution in [0.4, 0.5) is 0 Å². The molecule has 2 atom stereocenters. The number of rotatable bonds is 4. The summed E-state index contributed by atoms with van der Waals surface area (Å²) in [5, 5.41) is 8.94. The van der Waals surface area contributed by atoms with Gasteiger partial charge in [0, 0.05) is 12.5 Å². The van der Waals surface area contributed by atoms with E-state index in [0.717, 1.165) is 5.57 Å². The molecule has 3 nitrogen and oxygen atoms in total. The second kappa shape index (κ2) is 4.43. The maximum absolute atomic E-state index is 8.94. The van der Waals surface area contributed by atoms with Crippen LogP contribution in [0.2, 0.25) is 0 Å². The Hall–Kier alpha value is -0.380. The van der Waals surface area contributed by atoms with Crippen molar-refractivity contribution in [2.45, 2.75) is 39.1 Å². The summed E-state index contributed by atoms with van der Waals surface area (Å²) >= 11 is 0. The Labute approximate surface area is 85.7 Å². The van der Waals surface area contributed by atoms with Gasteiger partial charge in [0.1, 0.15) is 0 Å². The van der Waals surface area contributed by atoms with E-state index in [1.165, 1.54) is 0 Å². The van der Waals surface area contributed by atoms with Gasteiger partial charge in [-0.3, -0.25) is 0 Å². The van der Waals surface area contributed by atoms with Gasteiger partial charge < -0.3 is 14.6 Å². The first kappa shape index (κ1) is 11.7. The Bertz CT molecular complexity index is 211. The molecule has 1 saturated heterocycles. The Morgan fingerprint density at radius 2 is 2.29 bits per heavy atom. The van der Waals surface area contributed by atoms with Crippen LogP contribution in [0.1, 0.15) is 27.2 Å². The lowest BCUT2D eigenvalue weighted by molar-refractivity contribution is -0.143. The van der Waals surface area contributed by atoms with Crippen molar-refractivity contribution < 1.29 is 14.6 Å². The summed E-state index contributed by atoms with van der Waals surface area (Å²) in [5.41, 5.74) is 1.05. The van der Waals surface area contributed by atoms with Crippen LogP contribution in [0.15, 0.2) is 12.2 Å². The van der Waals surface area contributed by atoms with E-state index in [1.54, 1.807) is 0 Å². The highest BCUT2D eigenvalue weighted by molar-refractivity contribution is 5.01. The van der Waals surface area contributed by atoms with Crippen molar-refractivity contribution in [1.29, 1.82) is 0 Å². The standard InChI is InChI=1S/C11H20O3/c1-8(2)9(5-6-12)10-7-13-11(3,4)14-10/h9-10,12H,1,5-7H2,2-4H3/t9-,10+/m0/s1. The summed E-state index contributed by atoms with van der Waals surface area (Å²) in [6.45, 7) is 10.4. The SMILES string of the molecule is C=C(C)[C@H](CCO)[C@H]1COC(C)(C)O1. The molecular formula is C11H20O3. The molecule has 0 aromatic carbocycles. The smallest absolute Gasteiger partial charge is 0.163 e. The van der Waals surface area contributed by atoms with Gasteiger partial charge in [0.2, 0.25) is 0 Å². The monoisotopic (exact) mass is 200 g/mol. The number of aliphatic hydroxyl groups excluding tert-OH is 1. The predicted octanol–water partition coefficient (Wildman–Crippen LogP) is 1.71. The van der Waals surface area contributed by atoms with Crippen LogP contribution in [0.3, 0.4) is 0 Å². The van der Waals surface area contributed by atoms with E-state index in [9.17, 15) is 0 Å². The molecule has 0 saturated carbocycles. The fraction of sp³-hybridized carbons (Fsp3) is 0.818. The van der Waals surface area contributed by atoms with Crippen molar-refractivity contribution in [1.82, 2.24) is 0 Å². The molecule has 1 aliphatic rings. The van der Waals surface area contributed by atoms with Crippen molar-refractivity contribution in [3.05, 3.63) is 12.2 Å². The van der Waals surface area contributed by atoms with Crippen molar-refractivity contribution in [3.63, 3.8) is 0 Å². The molecule has 1 heterocycles. The highest BCUT2D eigenvalue weighted by Crippen LogP contribution is 2.31. The highest BCUT2D eigenvalue weighted by Gasteiger charge is 2.37. The van der Waals surface area contributed by atoms with E-state index < -0.39 is 5.79 Å². The summed E-state index contributed by atoms with van der Waals surface area (Å²) in [7, 11) is 0. The van der Waals surface area contributed by atoms with E-state index in [-0.39, 0.29) is 18.6 Å². The first-order valence-corrected chi connectivity index (χ1v) is 5.04. The summed E-state index contributed by atoms with van der Waals surface area (Å²) in [4.78, 5) is 0. The van der Waals surface area contributed by atoms with Gasteiger partial charge in [-0.05, 0) is 27.2 Å². The molecule has 1 aliphatic heterocycles. The second-order valence-electron chi connectivity index (χ2n) is 4.33. The molecular weight excluding hydrogens is 180 g/mol. The van der Waals surface area contributed by atoms with Gasteiger partial charge in [0.15, 0.2) is 5.79 Å². The molecule has 0 aromatic rings. The Balaban J connectivity index is 2.58. The van der Waals surface area contributed by atoms with Crippen LogP contribution < -0.4 is 0 Å². The molecule has 0 unspecified atom stereocenters. The minimum Gasteiger partial charge on any atom is -0.396 e. The van der Waals surface area contributed by atoms with Gasteiger partial charge in [0.05, 0.1) is 12.7 Å². The van der Waals surface area contributed by atoms with Crippen molar-refractivity contribution >= 4 is 0 Å². The summed E-state index contributed by atoms with van der Waals surface area (Å²) < 4.78 is 11.2. The molecule has 0 radical (unpaired) electrons. The minimum atomic E-state index is -0.492. The van der Waals surface area contributed by atoms with Crippen LogP contribution in [-0.4, -0.2) is 30.2 Å². The minimum absolute atomic E-state index is 0.0367. The van der Waals surface area contributed by atoms with E-state index in [0.29, 0.717) is 13.0 Å². The zero-order valence-corrected chi connectivity index (χ0v) is 9.25. The van der Waals surface area contributed by atoms with Crippen LogP contribution in [-0.2, 0) is 9.47 Å². The maximum Gasteiger partial charge on any atom is 0.163 e. The van der Waals surface area contributed by atoms with Crippen LogP contribution in [0, 0.1) is 5.92 Å². The lowest BCUT2D eigenvalue weighted by Gasteiger charge is -2.23. The second-order valence-corrected chi connectivity index (χ2v) is 4.33. The third-order valence-electron chi connectivity index (χ3n) is 2.55. The lowest BCUT2D eigenvalue weighted by atomic mass is 9.93. The average Bonchev–Trinajstić information content (AvgIpc) is 2.41. The molecule has 1 N–H and O–H groups in total. The zero-order chi connectivity index (χ0) is 10.8. The summed E-state index contributed by atoms with van der Waals surface area (Å²) in [5.74, 6) is -0.296. The maximum atomic E-state index is 8.94. The molecule has 0 amide bonds. The van der Waals surface area contributed by atoms with Crippen molar-refractivity contribution in [3.8, 4) is 0 Å². The molecule has 0 aromatic heterocycles. The van der Waals surface area contributed by atoms with Gasteiger partial charge in [-0.1, -0.05) is 12.2 Å². The van der Waals surface area contributed by atoms with Crippen molar-refractivity contribution in [2.75, 3.05) is 13.2 Å². The molecule has 0 aliphatic carbocycles. The predicted molar refractivity (Wildman–Crippen MR) is 54.9 cm³/mol. The quantitative estimate of drug-likeness (QED) is 0.702. The first-order chi connectivity index (χ1) is 6.46. The van der Waals surface area contributed by atoms with Gasteiger partial charge in [-0.15, -0.1) is 0 Å². The fourth-order valence-electron chi connectivity index (χ4n) is 1.80. The van der Waals surface area contributed by atoms with Crippen LogP contribution in [0.25, 0.3) is 0 Å². The molecule has 0 spiro atoms. The Morgan fingerprint density at radius 3 is 2.64 bits per heavy atom. The number of hydrogen-bond acceptors (Lipinski definition) is 3. The van der Waals surface area contributed by atoms with E-state index in [4.69, 9.17) is 14.6 Å². The number of hydrogen-bond donors (Lipinski definition) is 1. The van der Waals surface area contributed by atoms with Gasteiger partial charge in [-0.2, -0.15) is 0 Å². The van der Waals surface area contributed by atoms with Gasteiger partial charge in [0.25, 0.3) is 0 Å². The lowest BCUT2D eigenvalue weighted by Crippen LogP contribution is -2.27. The number of ether oxygens (including phenoxy) is 2. The molecule has 1 rings (SSSR count). The summed E-state index contributed by atoms with van der Waals surface area (Å²) in [6, 6.07) is 0. The third-order valence-corrected chi connectivity index (χ3v) is 2.55. The largest absolute Gasteiger partial charge is 0.396 e. The van der Waals surface area contributed by atoms with Crippen molar-refractivity contribution in [2.24, 2.45) is 5.92 Å². The number of aliphatic hydroxyl groups is 1. The van der Waals surface area contributed by atoms with E-state index in [1.807, 2.05) is 20.8 Å². The molecule has 14 heavy (non-hydrogen) atoms. The molecule has 1 fully saturated rings. The molecule has 0 bridgehead atoms. The Morgan fingerprint density at radius 1 is 1.64 bits per heavy atom. The Kier molecular flexibility index (Phi) is 3.70. The van der Waals surface area contributed by atoms with Gasteiger partial charge >= 0.3 is 0 Å². The van der Waals surface area contributed by atoms with Gasteiger partial charge in [-0.25, -0.2) is 0 Å². The van der Waals surface area contributed by atoms with Crippen LogP contribution in [0.5, 0.6) is 0 Å². The van der Waals surface area contributed by atoms with E-state index >= 15 is 0 Å². The first-order valence-electron chi connectivity index (χ1n) is 5.04.